The molecule has 0 radical (unpaired) electrons. The van der Waals surface area contributed by atoms with Crippen molar-refractivity contribution in [3.63, 3.8) is 0 Å². The molecule has 1 aliphatic carbocycles. The second-order valence-electron chi connectivity index (χ2n) is 4.60. The minimum Gasteiger partial charge on any atom is -0.233 e. The summed E-state index contributed by atoms with van der Waals surface area (Å²) in [5.74, 6) is 0. The van der Waals surface area contributed by atoms with Gasteiger partial charge in [0.25, 0.3) is 0 Å². The van der Waals surface area contributed by atoms with E-state index in [-0.39, 0.29) is 0 Å². The number of benzene rings is 2. The van der Waals surface area contributed by atoms with Crippen molar-refractivity contribution in [2.45, 2.75) is 6.42 Å². The van der Waals surface area contributed by atoms with Crippen LogP contribution in [0.15, 0.2) is 60.8 Å². The maximum atomic E-state index is 4.52. The molecule has 86 valence electrons. The van der Waals surface area contributed by atoms with Crippen LogP contribution in [-0.2, 0) is 6.42 Å². The van der Waals surface area contributed by atoms with E-state index < -0.39 is 0 Å². The number of rotatable bonds is 1. The highest BCUT2D eigenvalue weighted by atomic mass is 15.3. The molecule has 0 amide bonds. The van der Waals surface area contributed by atoms with Gasteiger partial charge in [-0.15, -0.1) is 0 Å². The second kappa shape index (κ2) is 3.57. The summed E-state index contributed by atoms with van der Waals surface area (Å²) in [4.78, 5) is 0. The normalized spacial score (nSPS) is 12.2. The number of aromatic nitrogens is 2. The van der Waals surface area contributed by atoms with Gasteiger partial charge in [-0.3, -0.25) is 0 Å². The second-order valence-corrected chi connectivity index (χ2v) is 4.60. The van der Waals surface area contributed by atoms with Crippen LogP contribution >= 0.6 is 0 Å². The fraction of sp³-hybridized carbons (Fsp3) is 0.0625. The molecule has 0 saturated carbocycles. The van der Waals surface area contributed by atoms with Crippen LogP contribution in [0.4, 0.5) is 0 Å². The lowest BCUT2D eigenvalue weighted by Gasteiger charge is -2.07. The highest BCUT2D eigenvalue weighted by Crippen LogP contribution is 2.37. The lowest BCUT2D eigenvalue weighted by atomic mass is 10.1. The smallest absolute Gasteiger partial charge is 0.0779 e. The average Bonchev–Trinajstić information content (AvgIpc) is 2.98. The summed E-state index contributed by atoms with van der Waals surface area (Å²) in [6, 6.07) is 18.9. The van der Waals surface area contributed by atoms with E-state index in [9.17, 15) is 0 Å². The minimum absolute atomic E-state index is 0.998. The van der Waals surface area contributed by atoms with Crippen molar-refractivity contribution < 1.29 is 0 Å². The van der Waals surface area contributed by atoms with Gasteiger partial charge in [0, 0.05) is 17.5 Å². The number of hydrogen-bond donors (Lipinski definition) is 0. The zero-order valence-electron chi connectivity index (χ0n) is 9.88. The highest BCUT2D eigenvalue weighted by molar-refractivity contribution is 5.75. The van der Waals surface area contributed by atoms with E-state index >= 15 is 0 Å². The highest BCUT2D eigenvalue weighted by Gasteiger charge is 2.23. The number of nitrogens with zero attached hydrogens (tertiary/aromatic N) is 2. The molecule has 0 unspecified atom stereocenters. The van der Waals surface area contributed by atoms with Crippen molar-refractivity contribution in [2.75, 3.05) is 0 Å². The Balaban J connectivity index is 1.97. The molecular formula is C16H12N2. The van der Waals surface area contributed by atoms with E-state index in [4.69, 9.17) is 0 Å². The van der Waals surface area contributed by atoms with Crippen molar-refractivity contribution in [3.05, 3.63) is 71.9 Å². The molecule has 0 bridgehead atoms. The first-order valence-electron chi connectivity index (χ1n) is 6.14. The van der Waals surface area contributed by atoms with E-state index in [0.29, 0.717) is 0 Å². The van der Waals surface area contributed by atoms with Crippen LogP contribution in [0.3, 0.4) is 0 Å². The molecule has 0 spiro atoms. The summed E-state index contributed by atoms with van der Waals surface area (Å²) in [6.45, 7) is 0. The van der Waals surface area contributed by atoms with Gasteiger partial charge in [0.2, 0.25) is 0 Å². The van der Waals surface area contributed by atoms with Gasteiger partial charge in [-0.2, -0.15) is 5.10 Å². The van der Waals surface area contributed by atoms with Crippen LogP contribution < -0.4 is 0 Å². The number of fused-ring (bicyclic) bond motifs is 3. The maximum absolute atomic E-state index is 4.52. The van der Waals surface area contributed by atoms with Crippen LogP contribution in [0.25, 0.3) is 16.9 Å². The number of para-hydroxylation sites is 1. The zero-order chi connectivity index (χ0) is 11.9. The summed E-state index contributed by atoms with van der Waals surface area (Å²) in [5, 5.41) is 4.52. The Labute approximate surface area is 106 Å². The molecule has 4 rings (SSSR count). The monoisotopic (exact) mass is 232 g/mol. The largest absolute Gasteiger partial charge is 0.233 e. The van der Waals surface area contributed by atoms with E-state index in [1.807, 2.05) is 29.1 Å². The third kappa shape index (κ3) is 1.26. The first kappa shape index (κ1) is 9.66. The van der Waals surface area contributed by atoms with Crippen LogP contribution in [0.5, 0.6) is 0 Å². The molecule has 2 heteroatoms. The fourth-order valence-electron chi connectivity index (χ4n) is 2.67. The summed E-state index contributed by atoms with van der Waals surface area (Å²) in [6.07, 6.45) is 2.99. The predicted molar refractivity (Wildman–Crippen MR) is 71.8 cm³/mol. The molecule has 1 heterocycles. The molecule has 1 aromatic heterocycles. The van der Waals surface area contributed by atoms with Crippen LogP contribution in [0.1, 0.15) is 11.1 Å². The van der Waals surface area contributed by atoms with Crippen molar-refractivity contribution in [1.82, 2.24) is 9.78 Å². The molecule has 0 N–H and O–H groups in total. The molecule has 3 aromatic rings. The first-order valence-corrected chi connectivity index (χ1v) is 6.14. The molecule has 18 heavy (non-hydrogen) atoms. The van der Waals surface area contributed by atoms with E-state index in [0.717, 1.165) is 12.1 Å². The molecule has 0 atom stereocenters. The van der Waals surface area contributed by atoms with Gasteiger partial charge in [-0.25, -0.2) is 4.68 Å². The van der Waals surface area contributed by atoms with Gasteiger partial charge < -0.3 is 0 Å². The summed E-state index contributed by atoms with van der Waals surface area (Å²) in [5.41, 5.74) is 6.40. The Morgan fingerprint density at radius 3 is 2.50 bits per heavy atom. The Morgan fingerprint density at radius 2 is 1.61 bits per heavy atom. The third-order valence-electron chi connectivity index (χ3n) is 3.50. The van der Waals surface area contributed by atoms with Crippen LogP contribution in [0, 0.1) is 0 Å². The van der Waals surface area contributed by atoms with Crippen molar-refractivity contribution in [2.24, 2.45) is 0 Å². The van der Waals surface area contributed by atoms with E-state index in [1.54, 1.807) is 0 Å². The summed E-state index contributed by atoms with van der Waals surface area (Å²) in [7, 11) is 0. The standard InChI is InChI=1S/C16H12N2/c1-2-7-14(8-3-1)18-16-13(11-17-18)10-12-6-4-5-9-15(12)16/h1-9,11H,10H2. The molecule has 0 fully saturated rings. The third-order valence-corrected chi connectivity index (χ3v) is 3.50. The Bertz CT molecular complexity index is 711. The molecule has 1 aliphatic rings. The van der Waals surface area contributed by atoms with Gasteiger partial charge in [0.15, 0.2) is 0 Å². The Morgan fingerprint density at radius 1 is 0.833 bits per heavy atom. The maximum Gasteiger partial charge on any atom is 0.0779 e. The van der Waals surface area contributed by atoms with Gasteiger partial charge in [0.05, 0.1) is 17.6 Å². The predicted octanol–water partition coefficient (Wildman–Crippen LogP) is 3.44. The SMILES string of the molecule is c1ccc(-n2ncc3c2-c2ccccc2C3)cc1. The molecule has 0 aliphatic heterocycles. The quantitative estimate of drug-likeness (QED) is 0.491. The van der Waals surface area contributed by atoms with E-state index in [1.165, 1.54) is 22.4 Å². The van der Waals surface area contributed by atoms with Crippen molar-refractivity contribution >= 4 is 0 Å². The molecule has 2 nitrogen and oxygen atoms in total. The minimum atomic E-state index is 0.998. The van der Waals surface area contributed by atoms with Crippen molar-refractivity contribution in [1.29, 1.82) is 0 Å². The Hall–Kier alpha value is -2.35. The van der Waals surface area contributed by atoms with Gasteiger partial charge in [-0.1, -0.05) is 42.5 Å². The van der Waals surface area contributed by atoms with Crippen LogP contribution in [0.2, 0.25) is 0 Å². The fourth-order valence-corrected chi connectivity index (χ4v) is 2.67. The molecular weight excluding hydrogens is 220 g/mol. The van der Waals surface area contributed by atoms with Gasteiger partial charge in [-0.05, 0) is 17.7 Å². The lowest BCUT2D eigenvalue weighted by Crippen LogP contribution is -1.98. The van der Waals surface area contributed by atoms with Crippen LogP contribution in [-0.4, -0.2) is 9.78 Å². The van der Waals surface area contributed by atoms with Crippen molar-refractivity contribution in [3.8, 4) is 16.9 Å². The van der Waals surface area contributed by atoms with Gasteiger partial charge in [0.1, 0.15) is 0 Å². The average molecular weight is 232 g/mol. The summed E-state index contributed by atoms with van der Waals surface area (Å²) >= 11 is 0. The number of hydrogen-bond acceptors (Lipinski definition) is 1. The first-order chi connectivity index (χ1) is 8.93. The lowest BCUT2D eigenvalue weighted by molar-refractivity contribution is 0.888. The topological polar surface area (TPSA) is 17.8 Å². The van der Waals surface area contributed by atoms with Gasteiger partial charge >= 0.3 is 0 Å². The zero-order valence-corrected chi connectivity index (χ0v) is 9.88. The molecule has 0 saturated heterocycles. The summed E-state index contributed by atoms with van der Waals surface area (Å²) < 4.78 is 2.04. The van der Waals surface area contributed by atoms with E-state index in [2.05, 4.69) is 41.5 Å². The Kier molecular flexibility index (Phi) is 1.92. The molecule has 2 aromatic carbocycles.